The van der Waals surface area contributed by atoms with Gasteiger partial charge in [-0.15, -0.1) is 0 Å². The molecule has 1 aromatic carbocycles. The fraction of sp³-hybridized carbons (Fsp3) is 0.577. The van der Waals surface area contributed by atoms with Gasteiger partial charge < -0.3 is 9.57 Å². The highest BCUT2D eigenvalue weighted by molar-refractivity contribution is 6.03. The summed E-state index contributed by atoms with van der Waals surface area (Å²) < 4.78 is 49.9. The second-order valence-corrected chi connectivity index (χ2v) is 11.0. The second-order valence-electron chi connectivity index (χ2n) is 11.0. The van der Waals surface area contributed by atoms with Gasteiger partial charge in [0.15, 0.2) is 5.49 Å². The van der Waals surface area contributed by atoms with Gasteiger partial charge in [0.2, 0.25) is 0 Å². The summed E-state index contributed by atoms with van der Waals surface area (Å²) in [7, 11) is 1.88. The number of hydrogen-bond donors (Lipinski definition) is 0. The lowest BCUT2D eigenvalue weighted by Gasteiger charge is -2.21. The van der Waals surface area contributed by atoms with E-state index in [-0.39, 0.29) is 22.6 Å². The maximum Gasteiger partial charge on any atom is 0.416 e. The largest absolute Gasteiger partial charge is 0.416 e. The standard InChI is InChI=1S/C26H35F3N4O3/c1-24(2,3)21-14-22(33(32(21)7)16-19-9-8-12-35-19)31-23(34)20-13-18(26(27,28)29)11-10-17(20)15-30-36-25(4,5)6/h10-11,13-15,19H,8-9,12,16H2,1-7H3/b30-15-,31-22?/t19-/m1/s1. The predicted molar refractivity (Wildman–Crippen MR) is 131 cm³/mol. The van der Waals surface area contributed by atoms with Crippen LogP contribution < -0.4 is 5.49 Å². The van der Waals surface area contributed by atoms with Crippen LogP contribution in [0.3, 0.4) is 0 Å². The topological polar surface area (TPSA) is 70.1 Å². The normalized spacial score (nSPS) is 17.8. The van der Waals surface area contributed by atoms with Crippen LogP contribution >= 0.6 is 0 Å². The highest BCUT2D eigenvalue weighted by atomic mass is 19.4. The molecule has 2 heterocycles. The van der Waals surface area contributed by atoms with Crippen LogP contribution in [0.15, 0.2) is 34.4 Å². The van der Waals surface area contributed by atoms with Crippen LogP contribution in [0.4, 0.5) is 13.2 Å². The Hall–Kier alpha value is -2.88. The highest BCUT2D eigenvalue weighted by Crippen LogP contribution is 2.31. The van der Waals surface area contributed by atoms with E-state index in [0.29, 0.717) is 18.6 Å². The van der Waals surface area contributed by atoms with Crippen molar-refractivity contribution in [2.24, 2.45) is 17.2 Å². The number of oxime groups is 1. The van der Waals surface area contributed by atoms with Crippen molar-refractivity contribution in [3.05, 3.63) is 52.1 Å². The van der Waals surface area contributed by atoms with Crippen LogP contribution in [0.2, 0.25) is 0 Å². The smallest absolute Gasteiger partial charge is 0.390 e. The fourth-order valence-electron chi connectivity index (χ4n) is 4.00. The third-order valence-corrected chi connectivity index (χ3v) is 5.76. The van der Waals surface area contributed by atoms with Crippen molar-refractivity contribution in [1.82, 2.24) is 9.36 Å². The summed E-state index contributed by atoms with van der Waals surface area (Å²) in [6.45, 7) is 12.6. The van der Waals surface area contributed by atoms with Gasteiger partial charge in [-0.25, -0.2) is 0 Å². The molecule has 7 nitrogen and oxygen atoms in total. The van der Waals surface area contributed by atoms with Crippen LogP contribution in [-0.2, 0) is 34.8 Å². The molecule has 1 amide bonds. The van der Waals surface area contributed by atoms with Gasteiger partial charge >= 0.3 is 6.18 Å². The van der Waals surface area contributed by atoms with E-state index >= 15 is 0 Å². The van der Waals surface area contributed by atoms with Crippen molar-refractivity contribution < 1.29 is 27.5 Å². The summed E-state index contributed by atoms with van der Waals surface area (Å²) in [5, 5.41) is 3.87. The lowest BCUT2D eigenvalue weighted by atomic mass is 9.92. The van der Waals surface area contributed by atoms with E-state index < -0.39 is 23.2 Å². The number of aromatic nitrogens is 2. The Morgan fingerprint density at radius 3 is 2.42 bits per heavy atom. The Balaban J connectivity index is 2.11. The molecular weight excluding hydrogens is 473 g/mol. The Morgan fingerprint density at radius 2 is 1.86 bits per heavy atom. The number of rotatable bonds is 5. The van der Waals surface area contributed by atoms with Gasteiger partial charge in [-0.3, -0.25) is 14.2 Å². The van der Waals surface area contributed by atoms with E-state index in [9.17, 15) is 18.0 Å². The van der Waals surface area contributed by atoms with E-state index in [2.05, 4.69) is 10.1 Å². The number of hydrogen-bond acceptors (Lipinski definition) is 4. The van der Waals surface area contributed by atoms with E-state index in [0.717, 1.165) is 30.7 Å². The number of nitrogens with zero attached hydrogens (tertiary/aromatic N) is 4. The van der Waals surface area contributed by atoms with Crippen molar-refractivity contribution in [3.63, 3.8) is 0 Å². The minimum Gasteiger partial charge on any atom is -0.390 e. The number of benzene rings is 1. The minimum atomic E-state index is -4.61. The molecule has 0 spiro atoms. The summed E-state index contributed by atoms with van der Waals surface area (Å²) in [6, 6.07) is 4.72. The SMILES string of the molecule is Cn1c(C(C)(C)C)cc(=NC(=O)c2cc(C(F)(F)F)ccc2/C=N\OC(C)(C)C)n1C[C@H]1CCCO1. The van der Waals surface area contributed by atoms with E-state index in [1.807, 2.05) is 37.2 Å². The molecule has 1 saturated heterocycles. The van der Waals surface area contributed by atoms with Crippen molar-refractivity contribution >= 4 is 12.1 Å². The monoisotopic (exact) mass is 508 g/mol. The van der Waals surface area contributed by atoms with Crippen molar-refractivity contribution in [3.8, 4) is 0 Å². The average molecular weight is 509 g/mol. The minimum absolute atomic E-state index is 0.0220. The Morgan fingerprint density at radius 1 is 1.17 bits per heavy atom. The first-order valence-electron chi connectivity index (χ1n) is 12.0. The molecule has 1 aromatic heterocycles. The molecule has 0 aliphatic carbocycles. The molecule has 3 rings (SSSR count). The fourth-order valence-corrected chi connectivity index (χ4v) is 4.00. The van der Waals surface area contributed by atoms with Gasteiger partial charge in [0.05, 0.1) is 30.0 Å². The summed E-state index contributed by atoms with van der Waals surface area (Å²) in [5.74, 6) is -0.801. The summed E-state index contributed by atoms with van der Waals surface area (Å²) >= 11 is 0. The Labute approximate surface area is 209 Å². The second kappa shape index (κ2) is 10.2. The molecule has 198 valence electrons. The summed E-state index contributed by atoms with van der Waals surface area (Å²) in [6.07, 6.45) is -1.56. The summed E-state index contributed by atoms with van der Waals surface area (Å²) in [4.78, 5) is 22.9. The molecule has 1 fully saturated rings. The third-order valence-electron chi connectivity index (χ3n) is 5.76. The first kappa shape index (κ1) is 27.7. The van der Waals surface area contributed by atoms with Gasteiger partial charge in [0, 0.05) is 36.4 Å². The molecule has 1 aliphatic rings. The van der Waals surface area contributed by atoms with Crippen LogP contribution in [-0.4, -0.2) is 39.8 Å². The van der Waals surface area contributed by atoms with Gasteiger partial charge in [0.25, 0.3) is 5.91 Å². The zero-order chi connectivity index (χ0) is 26.9. The van der Waals surface area contributed by atoms with E-state index in [1.165, 1.54) is 12.3 Å². The number of alkyl halides is 3. The van der Waals surface area contributed by atoms with Crippen LogP contribution in [0.5, 0.6) is 0 Å². The van der Waals surface area contributed by atoms with Crippen molar-refractivity contribution in [1.29, 1.82) is 0 Å². The molecule has 2 aromatic rings. The van der Waals surface area contributed by atoms with Crippen LogP contribution in [0, 0.1) is 0 Å². The average Bonchev–Trinajstić information content (AvgIpc) is 3.35. The number of amides is 1. The molecular formula is C26H35F3N4O3. The molecule has 36 heavy (non-hydrogen) atoms. The lowest BCUT2D eigenvalue weighted by Crippen LogP contribution is -2.30. The molecule has 10 heteroatoms. The molecule has 0 bridgehead atoms. The lowest BCUT2D eigenvalue weighted by molar-refractivity contribution is -0.137. The molecule has 0 radical (unpaired) electrons. The first-order chi connectivity index (χ1) is 16.6. The van der Waals surface area contributed by atoms with Crippen LogP contribution in [0.1, 0.15) is 81.6 Å². The zero-order valence-corrected chi connectivity index (χ0v) is 21.9. The maximum absolute atomic E-state index is 13.5. The highest BCUT2D eigenvalue weighted by Gasteiger charge is 2.32. The van der Waals surface area contributed by atoms with Gasteiger partial charge in [-0.1, -0.05) is 32.0 Å². The molecule has 0 N–H and O–H groups in total. The van der Waals surface area contributed by atoms with Gasteiger partial charge in [-0.2, -0.15) is 18.2 Å². The number of halogens is 3. The molecule has 0 saturated carbocycles. The van der Waals surface area contributed by atoms with Crippen molar-refractivity contribution in [2.75, 3.05) is 6.61 Å². The molecule has 0 unspecified atom stereocenters. The number of carbonyl (C=O) groups excluding carboxylic acids is 1. The third kappa shape index (κ3) is 6.87. The molecule has 1 atom stereocenters. The van der Waals surface area contributed by atoms with E-state index in [4.69, 9.17) is 9.57 Å². The zero-order valence-electron chi connectivity index (χ0n) is 21.9. The number of carbonyl (C=O) groups is 1. The first-order valence-corrected chi connectivity index (χ1v) is 12.0. The maximum atomic E-state index is 13.5. The Kier molecular flexibility index (Phi) is 7.88. The quantitative estimate of drug-likeness (QED) is 0.411. The molecule has 1 aliphatic heterocycles. The van der Waals surface area contributed by atoms with Crippen molar-refractivity contribution in [2.45, 2.75) is 84.2 Å². The number of ether oxygens (including phenoxy) is 1. The predicted octanol–water partition coefficient (Wildman–Crippen LogP) is 5.21. The van der Waals surface area contributed by atoms with Crippen LogP contribution in [0.25, 0.3) is 0 Å². The van der Waals surface area contributed by atoms with E-state index in [1.54, 1.807) is 26.8 Å². The Bertz CT molecular complexity index is 1190. The van der Waals surface area contributed by atoms with Gasteiger partial charge in [0.1, 0.15) is 5.60 Å². The summed E-state index contributed by atoms with van der Waals surface area (Å²) in [5.41, 5.74) is -0.536. The van der Waals surface area contributed by atoms with Gasteiger partial charge in [-0.05, 0) is 45.7 Å².